The van der Waals surface area contributed by atoms with Crippen LogP contribution in [0.5, 0.6) is 0 Å². The molecule has 0 spiro atoms. The van der Waals surface area contributed by atoms with Gasteiger partial charge in [-0.2, -0.15) is 4.31 Å². The van der Waals surface area contributed by atoms with E-state index >= 15 is 0 Å². The maximum Gasteiger partial charge on any atom is 0.255 e. The molecule has 3 rings (SSSR count). The van der Waals surface area contributed by atoms with Crippen LogP contribution in [0.4, 0.5) is 15.8 Å². The van der Waals surface area contributed by atoms with Crippen molar-refractivity contribution in [3.63, 3.8) is 0 Å². The van der Waals surface area contributed by atoms with Gasteiger partial charge in [0.2, 0.25) is 10.0 Å². The Hall–Kier alpha value is -2.94. The molecule has 0 unspecified atom stereocenters. The van der Waals surface area contributed by atoms with E-state index in [4.69, 9.17) is 11.6 Å². The summed E-state index contributed by atoms with van der Waals surface area (Å²) in [5.74, 6) is -0.960. The monoisotopic (exact) mass is 503 g/mol. The van der Waals surface area contributed by atoms with Crippen LogP contribution in [0, 0.1) is 5.82 Å². The minimum absolute atomic E-state index is 0.0971. The van der Waals surface area contributed by atoms with E-state index in [2.05, 4.69) is 5.32 Å². The van der Waals surface area contributed by atoms with Crippen LogP contribution >= 0.6 is 11.6 Å². The van der Waals surface area contributed by atoms with Gasteiger partial charge in [-0.25, -0.2) is 12.8 Å². The van der Waals surface area contributed by atoms with Gasteiger partial charge in [0.25, 0.3) is 5.91 Å². The van der Waals surface area contributed by atoms with E-state index in [9.17, 15) is 17.6 Å². The zero-order chi connectivity index (χ0) is 24.9. The molecule has 0 saturated carbocycles. The van der Waals surface area contributed by atoms with E-state index in [-0.39, 0.29) is 17.0 Å². The average Bonchev–Trinajstić information content (AvgIpc) is 2.78. The van der Waals surface area contributed by atoms with Gasteiger partial charge in [0.15, 0.2) is 0 Å². The highest BCUT2D eigenvalue weighted by molar-refractivity contribution is 7.89. The van der Waals surface area contributed by atoms with Crippen molar-refractivity contribution in [1.82, 2.24) is 4.31 Å². The lowest BCUT2D eigenvalue weighted by Crippen LogP contribution is -2.32. The van der Waals surface area contributed by atoms with E-state index < -0.39 is 21.7 Å². The van der Waals surface area contributed by atoms with Crippen LogP contribution in [0.15, 0.2) is 71.6 Å². The molecule has 3 aromatic rings. The van der Waals surface area contributed by atoms with Crippen molar-refractivity contribution in [3.8, 4) is 0 Å². The Morgan fingerprint density at radius 3 is 2.41 bits per heavy atom. The normalized spacial score (nSPS) is 11.5. The summed E-state index contributed by atoms with van der Waals surface area (Å²) in [7, 11) is -0.0875. The molecule has 0 aliphatic heterocycles. The molecule has 180 valence electrons. The average molecular weight is 504 g/mol. The van der Waals surface area contributed by atoms with Gasteiger partial charge in [0, 0.05) is 49.1 Å². The summed E-state index contributed by atoms with van der Waals surface area (Å²) in [4.78, 5) is 14.6. The number of sulfonamides is 1. The number of benzene rings is 3. The second kappa shape index (κ2) is 11.0. The third-order valence-electron chi connectivity index (χ3n) is 5.16. The van der Waals surface area contributed by atoms with Gasteiger partial charge >= 0.3 is 0 Å². The minimum Gasteiger partial charge on any atom is -0.377 e. The quantitative estimate of drug-likeness (QED) is 0.424. The Labute approximate surface area is 205 Å². The lowest BCUT2D eigenvalue weighted by Gasteiger charge is -2.25. The van der Waals surface area contributed by atoms with Crippen LogP contribution in [0.25, 0.3) is 0 Å². The molecule has 1 N–H and O–H groups in total. The Bertz CT molecular complexity index is 1280. The molecule has 1 amide bonds. The van der Waals surface area contributed by atoms with E-state index in [1.807, 2.05) is 32.0 Å². The summed E-state index contributed by atoms with van der Waals surface area (Å²) in [6, 6.07) is 16.9. The summed E-state index contributed by atoms with van der Waals surface area (Å²) < 4.78 is 41.7. The highest BCUT2D eigenvalue weighted by Gasteiger charge is 2.25. The highest BCUT2D eigenvalue weighted by Crippen LogP contribution is 2.28. The molecular weight excluding hydrogens is 477 g/mol. The number of hydrogen-bond acceptors (Lipinski definition) is 4. The molecular formula is C25H27ClFN3O3S. The molecule has 34 heavy (non-hydrogen) atoms. The maximum atomic E-state index is 13.5. The number of carbonyl (C=O) groups excluding carboxylic acids is 1. The molecule has 0 atom stereocenters. The second-order valence-electron chi connectivity index (χ2n) is 8.00. The molecule has 0 saturated heterocycles. The first kappa shape index (κ1) is 25.7. The first-order chi connectivity index (χ1) is 16.1. The van der Waals surface area contributed by atoms with Crippen molar-refractivity contribution in [2.45, 2.75) is 24.8 Å². The number of nitrogens with one attached hydrogen (secondary N) is 1. The second-order valence-corrected chi connectivity index (χ2v) is 10.4. The zero-order valence-electron chi connectivity index (χ0n) is 19.3. The number of halogens is 2. The number of rotatable bonds is 9. The summed E-state index contributed by atoms with van der Waals surface area (Å²) >= 11 is 6.04. The number of nitrogens with zero attached hydrogens (tertiary/aromatic N) is 2. The fourth-order valence-electron chi connectivity index (χ4n) is 3.56. The minimum atomic E-state index is -3.81. The summed E-state index contributed by atoms with van der Waals surface area (Å²) in [6.45, 7) is 2.31. The molecule has 0 aromatic heterocycles. The number of carbonyl (C=O) groups is 1. The lowest BCUT2D eigenvalue weighted by atomic mass is 10.1. The predicted molar refractivity (Wildman–Crippen MR) is 134 cm³/mol. The molecule has 0 bridgehead atoms. The van der Waals surface area contributed by atoms with Crippen molar-refractivity contribution in [1.29, 1.82) is 0 Å². The number of amides is 1. The lowest BCUT2D eigenvalue weighted by molar-refractivity contribution is 0.102. The molecule has 0 radical (unpaired) electrons. The number of hydrogen-bond donors (Lipinski definition) is 1. The number of anilines is 2. The van der Waals surface area contributed by atoms with E-state index in [0.29, 0.717) is 29.2 Å². The standard InChI is InChI=1S/C25H27ClFN3O3S/c1-4-13-30(34(32,33)23-10-6-8-20(26)16-23)17-19-15-22(11-12-24(19)29(2)3)28-25(31)18-7-5-9-21(27)14-18/h5-12,14-16H,4,13,17H2,1-3H3,(H,28,31). The van der Waals surface area contributed by atoms with Crippen LogP contribution in [-0.4, -0.2) is 39.3 Å². The first-order valence-corrected chi connectivity index (χ1v) is 12.6. The molecule has 0 aliphatic carbocycles. The molecule has 6 nitrogen and oxygen atoms in total. The Balaban J connectivity index is 1.95. The van der Waals surface area contributed by atoms with E-state index in [0.717, 1.165) is 11.8 Å². The largest absolute Gasteiger partial charge is 0.377 e. The van der Waals surface area contributed by atoms with Crippen LogP contribution in [-0.2, 0) is 16.6 Å². The Kier molecular flexibility index (Phi) is 8.30. The van der Waals surface area contributed by atoms with Crippen molar-refractivity contribution >= 4 is 38.9 Å². The van der Waals surface area contributed by atoms with Gasteiger partial charge < -0.3 is 10.2 Å². The van der Waals surface area contributed by atoms with Crippen molar-refractivity contribution in [3.05, 3.63) is 88.7 Å². The molecule has 0 heterocycles. The fourth-order valence-corrected chi connectivity index (χ4v) is 5.37. The molecule has 0 fully saturated rings. The summed E-state index contributed by atoms with van der Waals surface area (Å²) in [6.07, 6.45) is 0.618. The van der Waals surface area contributed by atoms with E-state index in [1.54, 1.807) is 24.3 Å². The zero-order valence-corrected chi connectivity index (χ0v) is 20.8. The van der Waals surface area contributed by atoms with Gasteiger partial charge in [0.1, 0.15) is 5.82 Å². The van der Waals surface area contributed by atoms with E-state index in [1.165, 1.54) is 34.6 Å². The third-order valence-corrected chi connectivity index (χ3v) is 7.24. The van der Waals surface area contributed by atoms with Crippen molar-refractivity contribution in [2.75, 3.05) is 30.9 Å². The fraction of sp³-hybridized carbons (Fsp3) is 0.240. The van der Waals surface area contributed by atoms with Gasteiger partial charge in [-0.05, 0) is 66.6 Å². The predicted octanol–water partition coefficient (Wildman–Crippen LogP) is 5.40. The van der Waals surface area contributed by atoms with Crippen LogP contribution in [0.1, 0.15) is 29.3 Å². The summed E-state index contributed by atoms with van der Waals surface area (Å²) in [5.41, 5.74) is 2.19. The topological polar surface area (TPSA) is 69.7 Å². The van der Waals surface area contributed by atoms with Gasteiger partial charge in [-0.15, -0.1) is 0 Å². The van der Waals surface area contributed by atoms with Gasteiger partial charge in [-0.1, -0.05) is 30.7 Å². The first-order valence-electron chi connectivity index (χ1n) is 10.7. The highest BCUT2D eigenvalue weighted by atomic mass is 35.5. The molecule has 3 aromatic carbocycles. The Morgan fingerprint density at radius 1 is 1.03 bits per heavy atom. The van der Waals surface area contributed by atoms with Crippen molar-refractivity contribution < 1.29 is 17.6 Å². The SMILES string of the molecule is CCCN(Cc1cc(NC(=O)c2cccc(F)c2)ccc1N(C)C)S(=O)(=O)c1cccc(Cl)c1. The maximum absolute atomic E-state index is 13.5. The Morgan fingerprint density at radius 2 is 1.76 bits per heavy atom. The van der Waals surface area contributed by atoms with Crippen LogP contribution < -0.4 is 10.2 Å². The van der Waals surface area contributed by atoms with Crippen molar-refractivity contribution in [2.24, 2.45) is 0 Å². The third kappa shape index (κ3) is 6.14. The molecule has 0 aliphatic rings. The van der Waals surface area contributed by atoms with Crippen LogP contribution in [0.2, 0.25) is 5.02 Å². The smallest absolute Gasteiger partial charge is 0.255 e. The molecule has 9 heteroatoms. The van der Waals surface area contributed by atoms with Gasteiger partial charge in [0.05, 0.1) is 4.90 Å². The van der Waals surface area contributed by atoms with Gasteiger partial charge in [-0.3, -0.25) is 4.79 Å². The summed E-state index contributed by atoms with van der Waals surface area (Å²) in [5, 5.41) is 3.11. The van der Waals surface area contributed by atoms with Crippen LogP contribution in [0.3, 0.4) is 0 Å².